The van der Waals surface area contributed by atoms with E-state index in [2.05, 4.69) is 24.1 Å². The Morgan fingerprint density at radius 3 is 2.71 bits per heavy atom. The highest BCUT2D eigenvalue weighted by atomic mass is 15.2. The number of nitrogens with one attached hydrogen (secondary N) is 1. The van der Waals surface area contributed by atoms with Crippen LogP contribution in [0.4, 0.5) is 0 Å². The summed E-state index contributed by atoms with van der Waals surface area (Å²) in [6, 6.07) is 0.832. The Bertz CT molecular complexity index is 211. The summed E-state index contributed by atoms with van der Waals surface area (Å²) >= 11 is 0. The van der Waals surface area contributed by atoms with Gasteiger partial charge in [-0.3, -0.25) is 4.90 Å². The van der Waals surface area contributed by atoms with E-state index in [4.69, 9.17) is 0 Å². The minimum atomic E-state index is 0.832. The molecule has 0 aromatic carbocycles. The average molecular weight is 238 g/mol. The Morgan fingerprint density at radius 2 is 2.00 bits per heavy atom. The van der Waals surface area contributed by atoms with Crippen LogP contribution in [0.2, 0.25) is 0 Å². The van der Waals surface area contributed by atoms with E-state index >= 15 is 0 Å². The molecule has 2 rings (SSSR count). The fraction of sp³-hybridized carbons (Fsp3) is 1.00. The highest BCUT2D eigenvalue weighted by Gasteiger charge is 2.30. The lowest BCUT2D eigenvalue weighted by atomic mass is 9.82. The van der Waals surface area contributed by atoms with E-state index in [0.29, 0.717) is 0 Å². The third-order valence-electron chi connectivity index (χ3n) is 4.84. The molecule has 1 aliphatic carbocycles. The number of hydrogen-bond acceptors (Lipinski definition) is 2. The van der Waals surface area contributed by atoms with Crippen molar-refractivity contribution in [2.24, 2.45) is 11.8 Å². The van der Waals surface area contributed by atoms with Gasteiger partial charge in [0.1, 0.15) is 0 Å². The van der Waals surface area contributed by atoms with E-state index in [1.54, 1.807) is 0 Å². The molecule has 2 nitrogen and oxygen atoms in total. The predicted molar refractivity (Wildman–Crippen MR) is 74.3 cm³/mol. The first-order valence-corrected chi connectivity index (χ1v) is 7.76. The van der Waals surface area contributed by atoms with Gasteiger partial charge in [-0.05, 0) is 24.7 Å². The Kier molecular flexibility index (Phi) is 5.30. The first-order chi connectivity index (χ1) is 8.31. The number of rotatable bonds is 4. The van der Waals surface area contributed by atoms with E-state index in [1.807, 2.05) is 0 Å². The first-order valence-electron chi connectivity index (χ1n) is 7.76. The van der Waals surface area contributed by atoms with Crippen molar-refractivity contribution in [3.05, 3.63) is 0 Å². The molecule has 1 aliphatic heterocycles. The van der Waals surface area contributed by atoms with Crippen LogP contribution in [0.5, 0.6) is 0 Å². The van der Waals surface area contributed by atoms with Crippen molar-refractivity contribution in [3.8, 4) is 0 Å². The lowest BCUT2D eigenvalue weighted by molar-refractivity contribution is 0.0791. The minimum Gasteiger partial charge on any atom is -0.314 e. The molecule has 2 unspecified atom stereocenters. The van der Waals surface area contributed by atoms with Gasteiger partial charge in [0, 0.05) is 32.2 Å². The quantitative estimate of drug-likeness (QED) is 0.810. The second-order valence-corrected chi connectivity index (χ2v) is 6.18. The number of nitrogens with zero attached hydrogens (tertiary/aromatic N) is 1. The second kappa shape index (κ2) is 6.75. The van der Waals surface area contributed by atoms with Gasteiger partial charge in [-0.25, -0.2) is 0 Å². The van der Waals surface area contributed by atoms with Gasteiger partial charge in [0.05, 0.1) is 0 Å². The molecule has 0 aromatic heterocycles. The van der Waals surface area contributed by atoms with Crippen molar-refractivity contribution in [2.45, 2.75) is 58.4 Å². The molecule has 0 spiro atoms. The summed E-state index contributed by atoms with van der Waals surface area (Å²) in [5, 5.41) is 3.61. The van der Waals surface area contributed by atoms with Crippen molar-refractivity contribution in [1.29, 1.82) is 0 Å². The summed E-state index contributed by atoms with van der Waals surface area (Å²) in [4.78, 5) is 2.79. The molecule has 1 saturated heterocycles. The van der Waals surface area contributed by atoms with E-state index in [-0.39, 0.29) is 0 Å². The van der Waals surface area contributed by atoms with Crippen molar-refractivity contribution in [3.63, 3.8) is 0 Å². The molecule has 2 fully saturated rings. The van der Waals surface area contributed by atoms with Crippen molar-refractivity contribution in [2.75, 3.05) is 26.2 Å². The Balaban J connectivity index is 1.90. The van der Waals surface area contributed by atoms with Crippen LogP contribution < -0.4 is 5.32 Å². The van der Waals surface area contributed by atoms with Crippen LogP contribution in [-0.4, -0.2) is 37.1 Å². The van der Waals surface area contributed by atoms with Gasteiger partial charge < -0.3 is 5.32 Å². The van der Waals surface area contributed by atoms with Crippen LogP contribution in [-0.2, 0) is 0 Å². The maximum Gasteiger partial charge on any atom is 0.0249 e. The van der Waals surface area contributed by atoms with E-state index in [9.17, 15) is 0 Å². The topological polar surface area (TPSA) is 15.3 Å². The van der Waals surface area contributed by atoms with E-state index < -0.39 is 0 Å². The third kappa shape index (κ3) is 3.69. The van der Waals surface area contributed by atoms with Crippen molar-refractivity contribution >= 4 is 0 Å². The van der Waals surface area contributed by atoms with Crippen LogP contribution in [0, 0.1) is 11.8 Å². The van der Waals surface area contributed by atoms with Gasteiger partial charge in [0.2, 0.25) is 0 Å². The second-order valence-electron chi connectivity index (χ2n) is 6.18. The number of hydrogen-bond donors (Lipinski definition) is 1. The van der Waals surface area contributed by atoms with Crippen LogP contribution in [0.3, 0.4) is 0 Å². The maximum absolute atomic E-state index is 3.61. The van der Waals surface area contributed by atoms with Gasteiger partial charge in [-0.1, -0.05) is 39.5 Å². The summed E-state index contributed by atoms with van der Waals surface area (Å²) in [6.07, 6.45) is 8.69. The smallest absolute Gasteiger partial charge is 0.0249 e. The largest absolute Gasteiger partial charge is 0.314 e. The van der Waals surface area contributed by atoms with Gasteiger partial charge in [0.15, 0.2) is 0 Å². The predicted octanol–water partition coefficient (Wildman–Crippen LogP) is 2.89. The van der Waals surface area contributed by atoms with E-state index in [1.165, 1.54) is 64.7 Å². The third-order valence-corrected chi connectivity index (χ3v) is 4.84. The number of piperazine rings is 1. The maximum atomic E-state index is 3.61. The summed E-state index contributed by atoms with van der Waals surface area (Å²) in [5.41, 5.74) is 0. The molecule has 1 N–H and O–H groups in total. The van der Waals surface area contributed by atoms with Gasteiger partial charge in [-0.2, -0.15) is 0 Å². The molecule has 1 saturated carbocycles. The SMILES string of the molecule is CCC(C)CN1CCNCC1C1CCCCC1. The molecular formula is C15H30N2. The van der Waals surface area contributed by atoms with Crippen LogP contribution in [0.15, 0.2) is 0 Å². The molecule has 0 amide bonds. The molecule has 17 heavy (non-hydrogen) atoms. The standard InChI is InChI=1S/C15H30N2/c1-3-13(2)12-17-10-9-16-11-15(17)14-7-5-4-6-8-14/h13-16H,3-12H2,1-2H3. The monoisotopic (exact) mass is 238 g/mol. The zero-order valence-corrected chi connectivity index (χ0v) is 11.8. The normalized spacial score (nSPS) is 30.4. The van der Waals surface area contributed by atoms with Crippen molar-refractivity contribution < 1.29 is 0 Å². The van der Waals surface area contributed by atoms with Crippen molar-refractivity contribution in [1.82, 2.24) is 10.2 Å². The molecular weight excluding hydrogens is 208 g/mol. The molecule has 2 atom stereocenters. The van der Waals surface area contributed by atoms with Gasteiger partial charge in [0.25, 0.3) is 0 Å². The molecule has 0 radical (unpaired) electrons. The highest BCUT2D eigenvalue weighted by Crippen LogP contribution is 2.30. The molecule has 2 aliphatic rings. The Morgan fingerprint density at radius 1 is 1.24 bits per heavy atom. The fourth-order valence-corrected chi connectivity index (χ4v) is 3.51. The molecule has 0 aromatic rings. The van der Waals surface area contributed by atoms with Gasteiger partial charge >= 0.3 is 0 Å². The summed E-state index contributed by atoms with van der Waals surface area (Å²) in [6.45, 7) is 9.74. The lowest BCUT2D eigenvalue weighted by Crippen LogP contribution is -2.55. The molecule has 0 bridgehead atoms. The Hall–Kier alpha value is -0.0800. The zero-order chi connectivity index (χ0) is 12.1. The average Bonchev–Trinajstić information content (AvgIpc) is 2.40. The molecule has 2 heteroatoms. The minimum absolute atomic E-state index is 0.832. The van der Waals surface area contributed by atoms with Crippen LogP contribution in [0.25, 0.3) is 0 Å². The fourth-order valence-electron chi connectivity index (χ4n) is 3.51. The first kappa shape index (κ1) is 13.4. The van der Waals surface area contributed by atoms with Gasteiger partial charge in [-0.15, -0.1) is 0 Å². The summed E-state index contributed by atoms with van der Waals surface area (Å²) < 4.78 is 0. The lowest BCUT2D eigenvalue weighted by Gasteiger charge is -2.43. The van der Waals surface area contributed by atoms with Crippen LogP contribution >= 0.6 is 0 Å². The van der Waals surface area contributed by atoms with E-state index in [0.717, 1.165) is 17.9 Å². The molecule has 100 valence electrons. The summed E-state index contributed by atoms with van der Waals surface area (Å²) in [5.74, 6) is 1.83. The molecule has 1 heterocycles. The van der Waals surface area contributed by atoms with Crippen LogP contribution in [0.1, 0.15) is 52.4 Å². The highest BCUT2D eigenvalue weighted by molar-refractivity contribution is 4.87. The zero-order valence-electron chi connectivity index (χ0n) is 11.8. The Labute approximate surface area is 107 Å². The summed E-state index contributed by atoms with van der Waals surface area (Å²) in [7, 11) is 0.